The van der Waals surface area contributed by atoms with E-state index in [1.165, 1.54) is 57.0 Å². The van der Waals surface area contributed by atoms with Gasteiger partial charge in [-0.2, -0.15) is 0 Å². The first-order chi connectivity index (χ1) is 9.81. The third-order valence-corrected chi connectivity index (χ3v) is 4.92. The monoisotopic (exact) mass is 276 g/mol. The van der Waals surface area contributed by atoms with Gasteiger partial charge in [0, 0.05) is 31.9 Å². The van der Waals surface area contributed by atoms with Gasteiger partial charge in [0.25, 0.3) is 0 Å². The Balaban J connectivity index is 1.74. The highest BCUT2D eigenvalue weighted by Crippen LogP contribution is 2.28. The Hall–Kier alpha value is -1.03. The predicted octanol–water partition coefficient (Wildman–Crippen LogP) is 2.43. The molecule has 4 nitrogen and oxygen atoms in total. The Morgan fingerprint density at radius 2 is 2.20 bits per heavy atom. The van der Waals surface area contributed by atoms with Crippen LogP contribution >= 0.6 is 0 Å². The van der Waals surface area contributed by atoms with Crippen molar-refractivity contribution in [3.05, 3.63) is 11.9 Å². The Bertz CT molecular complexity index is 434. The summed E-state index contributed by atoms with van der Waals surface area (Å²) < 4.78 is 2.32. The van der Waals surface area contributed by atoms with Crippen molar-refractivity contribution in [1.82, 2.24) is 14.9 Å². The van der Waals surface area contributed by atoms with Crippen LogP contribution in [0.15, 0.2) is 6.20 Å². The summed E-state index contributed by atoms with van der Waals surface area (Å²) in [5, 5.41) is 3.69. The lowest BCUT2D eigenvalue weighted by molar-refractivity contribution is 0.325. The second kappa shape index (κ2) is 6.17. The van der Waals surface area contributed by atoms with Crippen LogP contribution in [-0.4, -0.2) is 35.2 Å². The van der Waals surface area contributed by atoms with Crippen LogP contribution in [-0.2, 0) is 13.0 Å². The summed E-state index contributed by atoms with van der Waals surface area (Å²) in [6, 6.07) is 0.744. The molecule has 2 saturated heterocycles. The lowest BCUT2D eigenvalue weighted by atomic mass is 9.90. The number of aromatic nitrogens is 2. The predicted molar refractivity (Wildman–Crippen MR) is 83.2 cm³/mol. The van der Waals surface area contributed by atoms with Crippen molar-refractivity contribution in [2.24, 2.45) is 5.92 Å². The lowest BCUT2D eigenvalue weighted by Crippen LogP contribution is -2.44. The van der Waals surface area contributed by atoms with Crippen LogP contribution < -0.4 is 10.2 Å². The minimum Gasteiger partial charge on any atom is -0.342 e. The summed E-state index contributed by atoms with van der Waals surface area (Å²) >= 11 is 0. The summed E-state index contributed by atoms with van der Waals surface area (Å²) in [6.07, 6.45) is 8.66. The van der Waals surface area contributed by atoms with Crippen molar-refractivity contribution >= 4 is 5.95 Å². The Morgan fingerprint density at radius 3 is 2.90 bits per heavy atom. The molecule has 2 unspecified atom stereocenters. The van der Waals surface area contributed by atoms with Crippen molar-refractivity contribution in [2.75, 3.05) is 24.5 Å². The van der Waals surface area contributed by atoms with E-state index in [2.05, 4.69) is 34.8 Å². The highest BCUT2D eigenvalue weighted by atomic mass is 15.3. The van der Waals surface area contributed by atoms with Crippen molar-refractivity contribution in [3.63, 3.8) is 0 Å². The minimum absolute atomic E-state index is 0.744. The van der Waals surface area contributed by atoms with Crippen LogP contribution in [0.4, 0.5) is 5.95 Å². The maximum Gasteiger partial charge on any atom is 0.205 e. The zero-order valence-electron chi connectivity index (χ0n) is 12.9. The Kier molecular flexibility index (Phi) is 4.29. The molecule has 2 aliphatic rings. The van der Waals surface area contributed by atoms with Crippen LogP contribution in [0, 0.1) is 5.92 Å². The molecule has 0 amide bonds. The zero-order chi connectivity index (χ0) is 13.9. The van der Waals surface area contributed by atoms with Crippen molar-refractivity contribution in [2.45, 2.75) is 58.5 Å². The van der Waals surface area contributed by atoms with Gasteiger partial charge in [-0.25, -0.2) is 4.98 Å². The zero-order valence-corrected chi connectivity index (χ0v) is 12.9. The van der Waals surface area contributed by atoms with E-state index in [9.17, 15) is 0 Å². The maximum absolute atomic E-state index is 4.85. The fourth-order valence-corrected chi connectivity index (χ4v) is 3.75. The molecule has 2 atom stereocenters. The fraction of sp³-hybridized carbons (Fsp3) is 0.812. The number of rotatable bonds is 4. The number of piperidine rings is 1. The van der Waals surface area contributed by atoms with Gasteiger partial charge >= 0.3 is 0 Å². The average molecular weight is 276 g/mol. The van der Waals surface area contributed by atoms with Gasteiger partial charge in [0.2, 0.25) is 5.95 Å². The second-order valence-corrected chi connectivity index (χ2v) is 6.22. The first-order valence-corrected chi connectivity index (χ1v) is 8.36. The van der Waals surface area contributed by atoms with Crippen molar-refractivity contribution < 1.29 is 0 Å². The fourth-order valence-electron chi connectivity index (χ4n) is 3.75. The van der Waals surface area contributed by atoms with E-state index in [0.29, 0.717) is 0 Å². The van der Waals surface area contributed by atoms with E-state index in [0.717, 1.165) is 24.9 Å². The molecule has 2 fully saturated rings. The molecule has 1 aromatic rings. The van der Waals surface area contributed by atoms with E-state index < -0.39 is 0 Å². The van der Waals surface area contributed by atoms with Gasteiger partial charge in [0.05, 0.1) is 5.69 Å². The number of imidazole rings is 1. The van der Waals surface area contributed by atoms with Gasteiger partial charge < -0.3 is 14.8 Å². The molecule has 0 bridgehead atoms. The molecule has 112 valence electrons. The van der Waals surface area contributed by atoms with E-state index in [1.807, 2.05) is 0 Å². The van der Waals surface area contributed by atoms with E-state index in [4.69, 9.17) is 4.98 Å². The van der Waals surface area contributed by atoms with Gasteiger partial charge in [0.15, 0.2) is 0 Å². The molecule has 0 spiro atoms. The van der Waals surface area contributed by atoms with E-state index in [-0.39, 0.29) is 0 Å². The number of hydrogen-bond donors (Lipinski definition) is 1. The molecule has 0 aromatic carbocycles. The third kappa shape index (κ3) is 2.71. The average Bonchev–Trinajstić information content (AvgIpc) is 3.16. The number of hydrogen-bond acceptors (Lipinski definition) is 3. The van der Waals surface area contributed by atoms with Gasteiger partial charge in [0.1, 0.15) is 0 Å². The molecule has 4 heteroatoms. The van der Waals surface area contributed by atoms with Crippen LogP contribution in [0.3, 0.4) is 0 Å². The van der Waals surface area contributed by atoms with Crippen LogP contribution in [0.5, 0.6) is 0 Å². The molecule has 0 aliphatic carbocycles. The standard InChI is InChI=1S/C16H28N4/c1-3-14-12-19(4-2)16(18-14)20-10-6-7-13(11-20)15-8-5-9-17-15/h12-13,15,17H,3-11H2,1-2H3. The summed E-state index contributed by atoms with van der Waals surface area (Å²) in [5.74, 6) is 2.00. The SMILES string of the molecule is CCc1cn(CC)c(N2CCCC(C3CCCN3)C2)n1. The minimum atomic E-state index is 0.744. The first kappa shape index (κ1) is 13.9. The van der Waals surface area contributed by atoms with E-state index in [1.54, 1.807) is 0 Å². The summed E-state index contributed by atoms with van der Waals surface area (Å²) in [6.45, 7) is 8.98. The molecule has 1 aromatic heterocycles. The highest BCUT2D eigenvalue weighted by Gasteiger charge is 2.30. The Morgan fingerprint density at radius 1 is 1.30 bits per heavy atom. The lowest BCUT2D eigenvalue weighted by Gasteiger charge is -2.36. The first-order valence-electron chi connectivity index (χ1n) is 8.36. The Labute approximate surface area is 122 Å². The molecule has 3 heterocycles. The van der Waals surface area contributed by atoms with Gasteiger partial charge in [-0.05, 0) is 51.5 Å². The summed E-state index contributed by atoms with van der Waals surface area (Å²) in [7, 11) is 0. The number of nitrogens with one attached hydrogen (secondary N) is 1. The summed E-state index contributed by atoms with van der Waals surface area (Å²) in [4.78, 5) is 7.38. The number of nitrogens with zero attached hydrogens (tertiary/aromatic N) is 3. The van der Waals surface area contributed by atoms with Crippen molar-refractivity contribution in [1.29, 1.82) is 0 Å². The molecule has 2 aliphatic heterocycles. The largest absolute Gasteiger partial charge is 0.342 e. The topological polar surface area (TPSA) is 33.1 Å². The smallest absolute Gasteiger partial charge is 0.205 e. The van der Waals surface area contributed by atoms with Crippen LogP contribution in [0.25, 0.3) is 0 Å². The quantitative estimate of drug-likeness (QED) is 0.917. The molecular formula is C16H28N4. The van der Waals surface area contributed by atoms with E-state index >= 15 is 0 Å². The van der Waals surface area contributed by atoms with Gasteiger partial charge in [-0.3, -0.25) is 0 Å². The van der Waals surface area contributed by atoms with Gasteiger partial charge in [-0.15, -0.1) is 0 Å². The maximum atomic E-state index is 4.85. The highest BCUT2D eigenvalue weighted by molar-refractivity contribution is 5.34. The third-order valence-electron chi connectivity index (χ3n) is 4.92. The summed E-state index contributed by atoms with van der Waals surface area (Å²) in [5.41, 5.74) is 1.22. The molecule has 0 radical (unpaired) electrons. The van der Waals surface area contributed by atoms with Crippen LogP contribution in [0.1, 0.15) is 45.2 Å². The molecular weight excluding hydrogens is 248 g/mol. The molecule has 0 saturated carbocycles. The molecule has 3 rings (SSSR count). The van der Waals surface area contributed by atoms with Gasteiger partial charge in [-0.1, -0.05) is 6.92 Å². The normalized spacial score (nSPS) is 27.2. The second-order valence-electron chi connectivity index (χ2n) is 6.22. The molecule has 1 N–H and O–H groups in total. The van der Waals surface area contributed by atoms with Crippen molar-refractivity contribution in [3.8, 4) is 0 Å². The number of aryl methyl sites for hydroxylation is 2. The van der Waals surface area contributed by atoms with Crippen LogP contribution in [0.2, 0.25) is 0 Å². The molecule has 20 heavy (non-hydrogen) atoms. The number of anilines is 1.